The van der Waals surface area contributed by atoms with Gasteiger partial charge in [0.25, 0.3) is 0 Å². The third-order valence-electron chi connectivity index (χ3n) is 7.20. The highest BCUT2D eigenvalue weighted by Crippen LogP contribution is 2.46. The molecule has 0 aromatic heterocycles. The second-order valence-electron chi connectivity index (χ2n) is 10.2. The molecule has 3 aliphatic heterocycles. The fourth-order valence-electron chi connectivity index (χ4n) is 5.26. The SMILES string of the molecule is CN(C(=O)CN1CCOCC1)[C@@H](CC(C)(C)F)C(=O)N1C[C@]2(CC1C#N)C(=O)Nc1ccccc12. The lowest BCUT2D eigenvalue weighted by Crippen LogP contribution is -2.55. The summed E-state index contributed by atoms with van der Waals surface area (Å²) in [6.07, 6.45) is -0.0725. The van der Waals surface area contributed by atoms with Crippen molar-refractivity contribution >= 4 is 23.4 Å². The molecule has 3 atom stereocenters. The van der Waals surface area contributed by atoms with E-state index in [9.17, 15) is 24.0 Å². The van der Waals surface area contributed by atoms with E-state index in [-0.39, 0.29) is 37.7 Å². The number of nitrogens with one attached hydrogen (secondary N) is 1. The minimum atomic E-state index is -1.73. The summed E-state index contributed by atoms with van der Waals surface area (Å²) >= 11 is 0. The fraction of sp³-hybridized carbons (Fsp3) is 0.600. The van der Waals surface area contributed by atoms with E-state index in [1.54, 1.807) is 6.07 Å². The highest BCUT2D eigenvalue weighted by molar-refractivity contribution is 6.07. The van der Waals surface area contributed by atoms with Gasteiger partial charge in [-0.25, -0.2) is 4.39 Å². The maximum absolute atomic E-state index is 14.8. The molecule has 188 valence electrons. The van der Waals surface area contributed by atoms with Gasteiger partial charge in [0.1, 0.15) is 17.8 Å². The van der Waals surface area contributed by atoms with Gasteiger partial charge in [0.15, 0.2) is 0 Å². The van der Waals surface area contributed by atoms with Crippen LogP contribution in [0, 0.1) is 11.3 Å². The maximum atomic E-state index is 14.8. The fourth-order valence-corrected chi connectivity index (χ4v) is 5.26. The molecule has 0 aliphatic carbocycles. The summed E-state index contributed by atoms with van der Waals surface area (Å²) in [5.41, 5.74) is -1.36. The lowest BCUT2D eigenvalue weighted by atomic mass is 9.80. The minimum Gasteiger partial charge on any atom is -0.379 e. The average Bonchev–Trinajstić information content (AvgIpc) is 3.35. The molecule has 0 radical (unpaired) electrons. The number of para-hydroxylation sites is 1. The van der Waals surface area contributed by atoms with Crippen LogP contribution in [0.1, 0.15) is 32.3 Å². The van der Waals surface area contributed by atoms with E-state index in [2.05, 4.69) is 11.4 Å². The molecule has 4 rings (SSSR count). The molecule has 9 nitrogen and oxygen atoms in total. The average molecular weight is 486 g/mol. The van der Waals surface area contributed by atoms with Crippen molar-refractivity contribution in [3.63, 3.8) is 0 Å². The van der Waals surface area contributed by atoms with Gasteiger partial charge < -0.3 is 19.9 Å². The Morgan fingerprint density at radius 2 is 2.03 bits per heavy atom. The quantitative estimate of drug-likeness (QED) is 0.651. The number of likely N-dealkylation sites (N-methyl/N-ethyl adjacent to an activating group) is 1. The Morgan fingerprint density at radius 3 is 2.69 bits per heavy atom. The Hall–Kier alpha value is -3.03. The Bertz CT molecular complexity index is 1050. The Labute approximate surface area is 204 Å². The van der Waals surface area contributed by atoms with E-state index in [1.165, 1.54) is 30.7 Å². The van der Waals surface area contributed by atoms with Gasteiger partial charge in [-0.15, -0.1) is 0 Å². The molecule has 35 heavy (non-hydrogen) atoms. The molecule has 1 N–H and O–H groups in total. The summed E-state index contributed by atoms with van der Waals surface area (Å²) in [5, 5.41) is 12.8. The van der Waals surface area contributed by atoms with E-state index < -0.39 is 29.1 Å². The predicted molar refractivity (Wildman–Crippen MR) is 126 cm³/mol. The van der Waals surface area contributed by atoms with Crippen molar-refractivity contribution in [3.05, 3.63) is 29.8 Å². The Balaban J connectivity index is 1.59. The summed E-state index contributed by atoms with van der Waals surface area (Å²) in [5.74, 6) is -1.08. The second-order valence-corrected chi connectivity index (χ2v) is 10.2. The number of benzene rings is 1. The summed E-state index contributed by atoms with van der Waals surface area (Å²) in [6, 6.07) is 7.44. The van der Waals surface area contributed by atoms with Gasteiger partial charge in [0.2, 0.25) is 17.7 Å². The predicted octanol–water partition coefficient (Wildman–Crippen LogP) is 1.30. The van der Waals surface area contributed by atoms with Gasteiger partial charge in [-0.3, -0.25) is 19.3 Å². The van der Waals surface area contributed by atoms with Crippen LogP contribution in [-0.4, -0.2) is 96.6 Å². The van der Waals surface area contributed by atoms with Crippen LogP contribution in [0.5, 0.6) is 0 Å². The number of anilines is 1. The van der Waals surface area contributed by atoms with E-state index in [0.717, 1.165) is 5.56 Å². The van der Waals surface area contributed by atoms with Crippen molar-refractivity contribution in [2.24, 2.45) is 0 Å². The van der Waals surface area contributed by atoms with Crippen molar-refractivity contribution in [2.75, 3.05) is 51.8 Å². The van der Waals surface area contributed by atoms with Crippen molar-refractivity contribution in [2.45, 2.75) is 49.9 Å². The minimum absolute atomic E-state index is 0.00160. The number of nitriles is 1. The molecule has 2 saturated heterocycles. The monoisotopic (exact) mass is 485 g/mol. The molecule has 1 aromatic rings. The number of amides is 3. The zero-order valence-corrected chi connectivity index (χ0v) is 20.4. The number of nitrogens with zero attached hydrogens (tertiary/aromatic N) is 4. The van der Waals surface area contributed by atoms with Crippen LogP contribution in [0.25, 0.3) is 0 Å². The van der Waals surface area contributed by atoms with Crippen molar-refractivity contribution in [3.8, 4) is 6.07 Å². The number of rotatable bonds is 6. The molecule has 2 fully saturated rings. The van der Waals surface area contributed by atoms with E-state index in [0.29, 0.717) is 32.0 Å². The molecule has 1 unspecified atom stereocenters. The number of carbonyl (C=O) groups is 3. The molecule has 1 spiro atoms. The van der Waals surface area contributed by atoms with Crippen LogP contribution in [0.3, 0.4) is 0 Å². The van der Waals surface area contributed by atoms with Crippen molar-refractivity contribution in [1.29, 1.82) is 5.26 Å². The first-order valence-electron chi connectivity index (χ1n) is 11.9. The maximum Gasteiger partial charge on any atom is 0.246 e. The van der Waals surface area contributed by atoms with E-state index >= 15 is 0 Å². The number of hydrogen-bond donors (Lipinski definition) is 1. The number of morpholine rings is 1. The summed E-state index contributed by atoms with van der Waals surface area (Å²) in [6.45, 7) is 5.08. The molecular weight excluding hydrogens is 453 g/mol. The second kappa shape index (κ2) is 9.55. The lowest BCUT2D eigenvalue weighted by Gasteiger charge is -2.36. The number of fused-ring (bicyclic) bond motifs is 2. The van der Waals surface area contributed by atoms with Crippen LogP contribution in [0.4, 0.5) is 10.1 Å². The summed E-state index contributed by atoms with van der Waals surface area (Å²) < 4.78 is 20.2. The number of halogens is 1. The molecule has 0 bridgehead atoms. The third-order valence-corrected chi connectivity index (χ3v) is 7.20. The van der Waals surface area contributed by atoms with Gasteiger partial charge in [0.05, 0.1) is 31.2 Å². The Morgan fingerprint density at radius 1 is 1.34 bits per heavy atom. The number of likely N-dealkylation sites (tertiary alicyclic amines) is 1. The number of hydrogen-bond acceptors (Lipinski definition) is 6. The number of ether oxygens (including phenoxy) is 1. The van der Waals surface area contributed by atoms with Crippen LogP contribution in [0.15, 0.2) is 24.3 Å². The lowest BCUT2D eigenvalue weighted by molar-refractivity contribution is -0.147. The van der Waals surface area contributed by atoms with Gasteiger partial charge in [0, 0.05) is 45.2 Å². The molecule has 10 heteroatoms. The zero-order valence-electron chi connectivity index (χ0n) is 20.4. The van der Waals surface area contributed by atoms with Gasteiger partial charge in [-0.1, -0.05) is 18.2 Å². The number of alkyl halides is 1. The Kier molecular flexibility index (Phi) is 6.84. The van der Waals surface area contributed by atoms with Crippen LogP contribution in [-0.2, 0) is 24.5 Å². The molecule has 1 aromatic carbocycles. The van der Waals surface area contributed by atoms with Crippen LogP contribution in [0.2, 0.25) is 0 Å². The number of carbonyl (C=O) groups excluding carboxylic acids is 3. The van der Waals surface area contributed by atoms with Crippen LogP contribution >= 0.6 is 0 Å². The van der Waals surface area contributed by atoms with Crippen LogP contribution < -0.4 is 5.32 Å². The van der Waals surface area contributed by atoms with E-state index in [4.69, 9.17) is 4.74 Å². The van der Waals surface area contributed by atoms with Crippen molar-refractivity contribution < 1.29 is 23.5 Å². The smallest absolute Gasteiger partial charge is 0.246 e. The molecular formula is C25H32FN5O4. The first-order chi connectivity index (χ1) is 16.6. The largest absolute Gasteiger partial charge is 0.379 e. The standard InChI is InChI=1S/C25H32FN5O4/c1-24(2,26)13-20(29(3)21(32)15-30-8-10-35-11-9-30)22(33)31-16-25(12-17(31)14-27)18-6-4-5-7-19(18)28-23(25)34/h4-7,17,20H,8-13,15-16H2,1-3H3,(H,28,34)/t17?,20-,25-/m0/s1. The van der Waals surface area contributed by atoms with Crippen molar-refractivity contribution in [1.82, 2.24) is 14.7 Å². The van der Waals surface area contributed by atoms with Gasteiger partial charge in [-0.05, 0) is 25.5 Å². The topological polar surface area (TPSA) is 106 Å². The molecule has 3 heterocycles. The molecule has 0 saturated carbocycles. The zero-order chi connectivity index (χ0) is 25.4. The molecule has 3 aliphatic rings. The highest BCUT2D eigenvalue weighted by atomic mass is 19.1. The molecule has 3 amide bonds. The third kappa shape index (κ3) is 4.88. The highest BCUT2D eigenvalue weighted by Gasteiger charge is 2.57. The normalized spacial score (nSPS) is 25.2. The first kappa shape index (κ1) is 25.1. The summed E-state index contributed by atoms with van der Waals surface area (Å²) in [4.78, 5) is 44.6. The van der Waals surface area contributed by atoms with E-state index in [1.807, 2.05) is 23.1 Å². The summed E-state index contributed by atoms with van der Waals surface area (Å²) in [7, 11) is 1.50. The first-order valence-corrected chi connectivity index (χ1v) is 11.9. The van der Waals surface area contributed by atoms with Gasteiger partial charge >= 0.3 is 0 Å². The van der Waals surface area contributed by atoms with Gasteiger partial charge in [-0.2, -0.15) is 5.26 Å².